The highest BCUT2D eigenvalue weighted by molar-refractivity contribution is 5.85. The molecule has 5 nitrogen and oxygen atoms in total. The summed E-state index contributed by atoms with van der Waals surface area (Å²) in [6, 6.07) is 15.0. The van der Waals surface area contributed by atoms with Crippen molar-refractivity contribution in [3.05, 3.63) is 66.1 Å². The van der Waals surface area contributed by atoms with E-state index in [-0.39, 0.29) is 18.3 Å². The third-order valence-corrected chi connectivity index (χ3v) is 5.74. The number of aromatic nitrogens is 1. The zero-order valence-corrected chi connectivity index (χ0v) is 17.4. The quantitative estimate of drug-likeness (QED) is 0.558. The van der Waals surface area contributed by atoms with Gasteiger partial charge in [0.1, 0.15) is 12.4 Å². The number of carbonyl (C=O) groups is 1. The lowest BCUT2D eigenvalue weighted by Crippen LogP contribution is -2.47. The summed E-state index contributed by atoms with van der Waals surface area (Å²) in [5, 5.41) is 1.20. The average molecular weight is 410 g/mol. The van der Waals surface area contributed by atoms with Crippen molar-refractivity contribution in [3.63, 3.8) is 0 Å². The number of benzene rings is 2. The minimum absolute atomic E-state index is 0.195. The fourth-order valence-electron chi connectivity index (χ4n) is 4.16. The van der Waals surface area contributed by atoms with E-state index in [1.54, 1.807) is 0 Å². The third-order valence-electron chi connectivity index (χ3n) is 5.74. The third kappa shape index (κ3) is 4.65. The molecule has 0 atom stereocenters. The molecule has 0 aliphatic carbocycles. The number of fused-ring (bicyclic) bond motifs is 1. The predicted molar refractivity (Wildman–Crippen MR) is 117 cm³/mol. The number of nitrogens with zero attached hydrogens (tertiary/aromatic N) is 3. The SMILES string of the molecule is CCOC(=O)Cn1cc(CCN2CCN(c3ccc(F)cc3)CC2)c2ccccc21. The number of ether oxygens (including phenoxy) is 1. The first-order chi connectivity index (χ1) is 14.6. The Morgan fingerprint density at radius 3 is 2.50 bits per heavy atom. The maximum Gasteiger partial charge on any atom is 0.325 e. The molecule has 1 aliphatic heterocycles. The Kier molecular flexibility index (Phi) is 6.33. The molecule has 2 aromatic carbocycles. The summed E-state index contributed by atoms with van der Waals surface area (Å²) < 4.78 is 20.3. The first-order valence-electron chi connectivity index (χ1n) is 10.6. The van der Waals surface area contributed by atoms with Crippen molar-refractivity contribution in [2.24, 2.45) is 0 Å². The van der Waals surface area contributed by atoms with Crippen LogP contribution >= 0.6 is 0 Å². The summed E-state index contributed by atoms with van der Waals surface area (Å²) in [5.74, 6) is -0.402. The first-order valence-corrected chi connectivity index (χ1v) is 10.6. The van der Waals surface area contributed by atoms with Gasteiger partial charge in [0.05, 0.1) is 6.61 Å². The van der Waals surface area contributed by atoms with Gasteiger partial charge in [0.25, 0.3) is 0 Å². The lowest BCUT2D eigenvalue weighted by Gasteiger charge is -2.36. The predicted octanol–water partition coefficient (Wildman–Crippen LogP) is 3.71. The maximum atomic E-state index is 13.1. The van der Waals surface area contributed by atoms with Crippen molar-refractivity contribution in [2.45, 2.75) is 19.9 Å². The lowest BCUT2D eigenvalue weighted by atomic mass is 10.1. The summed E-state index contributed by atoms with van der Waals surface area (Å²) in [6.07, 6.45) is 3.03. The van der Waals surface area contributed by atoms with E-state index < -0.39 is 0 Å². The smallest absolute Gasteiger partial charge is 0.325 e. The van der Waals surface area contributed by atoms with Gasteiger partial charge >= 0.3 is 5.97 Å². The molecule has 0 radical (unpaired) electrons. The number of rotatable bonds is 7. The second-order valence-corrected chi connectivity index (χ2v) is 7.66. The Hall–Kier alpha value is -2.86. The summed E-state index contributed by atoms with van der Waals surface area (Å²) in [7, 11) is 0. The van der Waals surface area contributed by atoms with Crippen LogP contribution < -0.4 is 4.90 Å². The number of anilines is 1. The van der Waals surface area contributed by atoms with Gasteiger partial charge in [-0.2, -0.15) is 0 Å². The normalized spacial score (nSPS) is 14.9. The maximum absolute atomic E-state index is 13.1. The van der Waals surface area contributed by atoms with Gasteiger partial charge < -0.3 is 14.2 Å². The standard InChI is InChI=1S/C24H28FN3O2/c1-2-30-24(29)18-28-17-19(22-5-3-4-6-23(22)28)11-12-26-13-15-27(16-14-26)21-9-7-20(25)8-10-21/h3-10,17H,2,11-16,18H2,1H3. The molecule has 0 saturated carbocycles. The summed E-state index contributed by atoms with van der Waals surface area (Å²) in [5.41, 5.74) is 3.41. The van der Waals surface area contributed by atoms with Crippen LogP contribution in [0.1, 0.15) is 12.5 Å². The van der Waals surface area contributed by atoms with Crippen molar-refractivity contribution in [2.75, 3.05) is 44.2 Å². The van der Waals surface area contributed by atoms with Gasteiger partial charge in [-0.15, -0.1) is 0 Å². The van der Waals surface area contributed by atoms with Crippen LogP contribution in [-0.4, -0.2) is 54.8 Å². The second kappa shape index (κ2) is 9.30. The van der Waals surface area contributed by atoms with Crippen LogP contribution in [0.25, 0.3) is 10.9 Å². The van der Waals surface area contributed by atoms with Crippen molar-refractivity contribution >= 4 is 22.6 Å². The lowest BCUT2D eigenvalue weighted by molar-refractivity contribution is -0.143. The Morgan fingerprint density at radius 2 is 1.77 bits per heavy atom. The van der Waals surface area contributed by atoms with Gasteiger partial charge in [-0.25, -0.2) is 4.39 Å². The van der Waals surface area contributed by atoms with Crippen molar-refractivity contribution in [1.82, 2.24) is 9.47 Å². The number of esters is 1. The van der Waals surface area contributed by atoms with Gasteiger partial charge in [-0.3, -0.25) is 9.69 Å². The zero-order valence-electron chi connectivity index (χ0n) is 17.4. The van der Waals surface area contributed by atoms with E-state index in [0.717, 1.165) is 50.3 Å². The fraction of sp³-hybridized carbons (Fsp3) is 0.375. The molecule has 0 N–H and O–H groups in total. The Balaban J connectivity index is 1.37. The monoisotopic (exact) mass is 409 g/mol. The molecule has 4 rings (SSSR count). The Bertz CT molecular complexity index is 991. The van der Waals surface area contributed by atoms with Crippen LogP contribution in [0.15, 0.2) is 54.7 Å². The average Bonchev–Trinajstić information content (AvgIpc) is 3.11. The first kappa shape index (κ1) is 20.4. The number of hydrogen-bond acceptors (Lipinski definition) is 4. The Labute approximate surface area is 176 Å². The van der Waals surface area contributed by atoms with Gasteiger partial charge in [-0.05, 0) is 49.2 Å². The highest BCUT2D eigenvalue weighted by Gasteiger charge is 2.18. The van der Waals surface area contributed by atoms with E-state index in [1.807, 2.05) is 35.8 Å². The molecule has 2 heterocycles. The number of hydrogen-bond donors (Lipinski definition) is 0. The minimum atomic E-state index is -0.207. The van der Waals surface area contributed by atoms with E-state index >= 15 is 0 Å². The number of carbonyl (C=O) groups excluding carboxylic acids is 1. The summed E-state index contributed by atoms with van der Waals surface area (Å²) >= 11 is 0. The molecule has 1 fully saturated rings. The molecule has 6 heteroatoms. The molecule has 1 aromatic heterocycles. The van der Waals surface area contributed by atoms with Crippen LogP contribution in [0, 0.1) is 5.82 Å². The molecule has 30 heavy (non-hydrogen) atoms. The molecule has 1 saturated heterocycles. The molecule has 0 spiro atoms. The van der Waals surface area contributed by atoms with E-state index in [1.165, 1.54) is 23.1 Å². The summed E-state index contributed by atoms with van der Waals surface area (Å²) in [4.78, 5) is 16.7. The molecule has 158 valence electrons. The van der Waals surface area contributed by atoms with E-state index in [4.69, 9.17) is 4.74 Å². The van der Waals surface area contributed by atoms with Gasteiger partial charge in [-0.1, -0.05) is 18.2 Å². The Morgan fingerprint density at radius 1 is 1.03 bits per heavy atom. The highest BCUT2D eigenvalue weighted by atomic mass is 19.1. The van der Waals surface area contributed by atoms with E-state index in [2.05, 4.69) is 28.1 Å². The number of para-hydroxylation sites is 1. The highest BCUT2D eigenvalue weighted by Crippen LogP contribution is 2.23. The van der Waals surface area contributed by atoms with Crippen LogP contribution in [-0.2, 0) is 22.5 Å². The molecule has 3 aromatic rings. The van der Waals surface area contributed by atoms with Crippen molar-refractivity contribution in [3.8, 4) is 0 Å². The number of halogens is 1. The second-order valence-electron chi connectivity index (χ2n) is 7.66. The minimum Gasteiger partial charge on any atom is -0.465 e. The van der Waals surface area contributed by atoms with Crippen molar-refractivity contribution < 1.29 is 13.9 Å². The van der Waals surface area contributed by atoms with Gasteiger partial charge in [0.2, 0.25) is 0 Å². The number of piperazine rings is 1. The van der Waals surface area contributed by atoms with Gasteiger partial charge in [0, 0.05) is 55.5 Å². The van der Waals surface area contributed by atoms with Crippen molar-refractivity contribution in [1.29, 1.82) is 0 Å². The van der Waals surface area contributed by atoms with Crippen LogP contribution in [0.2, 0.25) is 0 Å². The van der Waals surface area contributed by atoms with E-state index in [0.29, 0.717) is 6.61 Å². The molecular weight excluding hydrogens is 381 g/mol. The van der Waals surface area contributed by atoms with Gasteiger partial charge in [0.15, 0.2) is 0 Å². The fourth-order valence-corrected chi connectivity index (χ4v) is 4.16. The summed E-state index contributed by atoms with van der Waals surface area (Å²) in [6.45, 7) is 7.29. The largest absolute Gasteiger partial charge is 0.465 e. The molecular formula is C24H28FN3O2. The molecule has 0 bridgehead atoms. The molecule has 0 amide bonds. The zero-order chi connectivity index (χ0) is 20.9. The molecule has 0 unspecified atom stereocenters. The van der Waals surface area contributed by atoms with Crippen LogP contribution in [0.5, 0.6) is 0 Å². The van der Waals surface area contributed by atoms with Crippen LogP contribution in [0.4, 0.5) is 10.1 Å². The molecule has 1 aliphatic rings. The van der Waals surface area contributed by atoms with Crippen LogP contribution in [0.3, 0.4) is 0 Å². The van der Waals surface area contributed by atoms with E-state index in [9.17, 15) is 9.18 Å². The topological polar surface area (TPSA) is 37.7 Å².